The quantitative estimate of drug-likeness (QED) is 0.474. The molecule has 0 saturated heterocycles. The van der Waals surface area contributed by atoms with Gasteiger partial charge in [0.05, 0.1) is 22.8 Å². The fraction of sp³-hybridized carbons (Fsp3) is 0.0500. The van der Waals surface area contributed by atoms with Crippen LogP contribution in [-0.2, 0) is 9.53 Å². The summed E-state index contributed by atoms with van der Waals surface area (Å²) in [5.41, 5.74) is 2.53. The van der Waals surface area contributed by atoms with Crippen molar-refractivity contribution in [3.05, 3.63) is 69.0 Å². The predicted molar refractivity (Wildman–Crippen MR) is 111 cm³/mol. The Hall–Kier alpha value is -2.85. The number of aromatic nitrogens is 1. The highest BCUT2D eigenvalue weighted by Gasteiger charge is 2.11. The van der Waals surface area contributed by atoms with Gasteiger partial charge in [-0.1, -0.05) is 35.2 Å². The summed E-state index contributed by atoms with van der Waals surface area (Å²) in [5, 5.41) is 5.94. The number of carbonyl (C=O) groups is 2. The lowest BCUT2D eigenvalue weighted by molar-refractivity contribution is -0.133. The van der Waals surface area contributed by atoms with Crippen LogP contribution in [0.1, 0.15) is 15.9 Å². The predicted octanol–water partition coefficient (Wildman–Crippen LogP) is 4.89. The van der Waals surface area contributed by atoms with Crippen molar-refractivity contribution < 1.29 is 14.3 Å². The molecule has 0 aliphatic rings. The first-order valence-electron chi connectivity index (χ1n) is 7.88. The number of esters is 1. The third kappa shape index (κ3) is 4.90. The van der Waals surface area contributed by atoms with E-state index in [2.05, 4.69) is 26.9 Å². The Labute approximate surface area is 175 Å². The molecular formula is C20H12Cl2N2O3S. The van der Waals surface area contributed by atoms with Crippen molar-refractivity contribution in [2.75, 3.05) is 12.4 Å². The van der Waals surface area contributed by atoms with Crippen molar-refractivity contribution in [1.82, 2.24) is 4.98 Å². The summed E-state index contributed by atoms with van der Waals surface area (Å²) >= 11 is 13.3. The number of amides is 1. The molecule has 8 heteroatoms. The number of nitrogens with one attached hydrogen (secondary N) is 1. The van der Waals surface area contributed by atoms with Crippen LogP contribution in [0.15, 0.2) is 47.8 Å². The fourth-order valence-corrected chi connectivity index (χ4v) is 3.18. The Bertz CT molecular complexity index is 1100. The number of benzene rings is 2. The summed E-state index contributed by atoms with van der Waals surface area (Å²) in [6.45, 7) is 0. The zero-order valence-corrected chi connectivity index (χ0v) is 16.8. The number of thiazole rings is 1. The van der Waals surface area contributed by atoms with Crippen LogP contribution in [0.5, 0.6) is 0 Å². The first kappa shape index (κ1) is 19.9. The van der Waals surface area contributed by atoms with Crippen LogP contribution in [0.2, 0.25) is 10.0 Å². The molecule has 28 heavy (non-hydrogen) atoms. The number of methoxy groups -OCH3 is 1. The molecule has 0 atom stereocenters. The highest BCUT2D eigenvalue weighted by Crippen LogP contribution is 2.30. The standard InChI is InChI=1S/C20H12Cl2N2O3S/c1-27-18(25)9-4-12-2-5-13(6-3-12)19(26)24-20-23-17(11-28-20)14-7-8-15(21)16(22)10-14/h2-3,5-8,10-11H,1H3,(H,23,24,26). The number of carbonyl (C=O) groups excluding carboxylic acids is 2. The summed E-state index contributed by atoms with van der Waals surface area (Å²) in [4.78, 5) is 27.8. The summed E-state index contributed by atoms with van der Waals surface area (Å²) in [5.74, 6) is 4.05. The molecule has 5 nitrogen and oxygen atoms in total. The Morgan fingerprint density at radius 3 is 2.54 bits per heavy atom. The average Bonchev–Trinajstić information content (AvgIpc) is 3.17. The molecule has 1 aromatic heterocycles. The van der Waals surface area contributed by atoms with E-state index in [9.17, 15) is 9.59 Å². The molecule has 0 aliphatic carbocycles. The molecule has 0 fully saturated rings. The normalized spacial score (nSPS) is 9.96. The van der Waals surface area contributed by atoms with E-state index in [-0.39, 0.29) is 5.91 Å². The summed E-state index contributed by atoms with van der Waals surface area (Å²) < 4.78 is 4.45. The van der Waals surface area contributed by atoms with Gasteiger partial charge in [0.1, 0.15) is 0 Å². The smallest absolute Gasteiger partial charge is 0.384 e. The van der Waals surface area contributed by atoms with Gasteiger partial charge in [0, 0.05) is 28.0 Å². The van der Waals surface area contributed by atoms with Gasteiger partial charge in [-0.05, 0) is 36.4 Å². The van der Waals surface area contributed by atoms with Gasteiger partial charge in [0.15, 0.2) is 5.13 Å². The van der Waals surface area contributed by atoms with E-state index in [1.54, 1.807) is 36.4 Å². The number of rotatable bonds is 3. The van der Waals surface area contributed by atoms with Gasteiger partial charge in [-0.25, -0.2) is 9.78 Å². The van der Waals surface area contributed by atoms with E-state index in [4.69, 9.17) is 23.2 Å². The lowest BCUT2D eigenvalue weighted by atomic mass is 10.1. The lowest BCUT2D eigenvalue weighted by Gasteiger charge is -2.02. The molecule has 0 saturated carbocycles. The van der Waals surface area contributed by atoms with Gasteiger partial charge in [-0.3, -0.25) is 10.1 Å². The van der Waals surface area contributed by atoms with Crippen LogP contribution in [0, 0.1) is 11.8 Å². The minimum absolute atomic E-state index is 0.303. The third-order valence-corrected chi connectivity index (χ3v) is 5.08. The SMILES string of the molecule is COC(=O)C#Cc1ccc(C(=O)Nc2nc(-c3ccc(Cl)c(Cl)c3)cs2)cc1. The molecule has 140 valence electrons. The largest absolute Gasteiger partial charge is 0.459 e. The van der Waals surface area contributed by atoms with Gasteiger partial charge < -0.3 is 4.74 Å². The summed E-state index contributed by atoms with van der Waals surface area (Å²) in [6, 6.07) is 11.7. The molecule has 1 heterocycles. The van der Waals surface area contributed by atoms with E-state index >= 15 is 0 Å². The molecule has 0 bridgehead atoms. The third-order valence-electron chi connectivity index (χ3n) is 3.58. The zero-order chi connectivity index (χ0) is 20.1. The van der Waals surface area contributed by atoms with Crippen molar-refractivity contribution in [3.8, 4) is 23.1 Å². The van der Waals surface area contributed by atoms with Crippen molar-refractivity contribution in [2.45, 2.75) is 0 Å². The molecular weight excluding hydrogens is 419 g/mol. The highest BCUT2D eigenvalue weighted by atomic mass is 35.5. The van der Waals surface area contributed by atoms with Gasteiger partial charge in [-0.2, -0.15) is 0 Å². The number of nitrogens with zero attached hydrogens (tertiary/aromatic N) is 1. The maximum atomic E-state index is 12.4. The second-order valence-corrected chi connectivity index (χ2v) is 7.11. The Morgan fingerprint density at radius 1 is 1.11 bits per heavy atom. The number of hydrogen-bond donors (Lipinski definition) is 1. The average molecular weight is 431 g/mol. The van der Waals surface area contributed by atoms with Crippen LogP contribution in [0.3, 0.4) is 0 Å². The van der Waals surface area contributed by atoms with Gasteiger partial charge >= 0.3 is 5.97 Å². The Kier molecular flexibility index (Phi) is 6.32. The topological polar surface area (TPSA) is 68.3 Å². The van der Waals surface area contributed by atoms with Crippen molar-refractivity contribution in [3.63, 3.8) is 0 Å². The molecule has 0 aliphatic heterocycles. The zero-order valence-electron chi connectivity index (χ0n) is 14.5. The Balaban J connectivity index is 1.69. The number of anilines is 1. The maximum absolute atomic E-state index is 12.4. The number of hydrogen-bond acceptors (Lipinski definition) is 5. The van der Waals surface area contributed by atoms with Gasteiger partial charge in [-0.15, -0.1) is 11.3 Å². The first-order chi connectivity index (χ1) is 13.5. The molecule has 3 aromatic rings. The monoisotopic (exact) mass is 430 g/mol. The van der Waals surface area contributed by atoms with Crippen LogP contribution in [0.4, 0.5) is 5.13 Å². The van der Waals surface area contributed by atoms with Crippen LogP contribution < -0.4 is 5.32 Å². The van der Waals surface area contributed by atoms with E-state index in [1.165, 1.54) is 18.4 Å². The minimum atomic E-state index is -0.622. The minimum Gasteiger partial charge on any atom is -0.459 e. The molecule has 1 amide bonds. The number of ether oxygens (including phenoxy) is 1. The second-order valence-electron chi connectivity index (χ2n) is 5.44. The van der Waals surface area contributed by atoms with E-state index in [0.717, 1.165) is 5.56 Å². The molecule has 3 rings (SSSR count). The molecule has 0 spiro atoms. The molecule has 2 aromatic carbocycles. The Morgan fingerprint density at radius 2 is 1.86 bits per heavy atom. The molecule has 0 unspecified atom stereocenters. The number of halogens is 2. The first-order valence-corrected chi connectivity index (χ1v) is 9.52. The fourth-order valence-electron chi connectivity index (χ4n) is 2.17. The van der Waals surface area contributed by atoms with Crippen molar-refractivity contribution in [1.29, 1.82) is 0 Å². The lowest BCUT2D eigenvalue weighted by Crippen LogP contribution is -2.11. The van der Waals surface area contributed by atoms with E-state index in [1.807, 2.05) is 11.4 Å². The van der Waals surface area contributed by atoms with Gasteiger partial charge in [0.25, 0.3) is 5.91 Å². The molecule has 1 N–H and O–H groups in total. The highest BCUT2D eigenvalue weighted by molar-refractivity contribution is 7.14. The van der Waals surface area contributed by atoms with Crippen LogP contribution in [-0.4, -0.2) is 24.0 Å². The second kappa shape index (κ2) is 8.89. The molecule has 0 radical (unpaired) electrons. The maximum Gasteiger partial charge on any atom is 0.384 e. The van der Waals surface area contributed by atoms with Crippen molar-refractivity contribution in [2.24, 2.45) is 0 Å². The van der Waals surface area contributed by atoms with E-state index < -0.39 is 5.97 Å². The summed E-state index contributed by atoms with van der Waals surface area (Å²) in [6.07, 6.45) is 0. The van der Waals surface area contributed by atoms with E-state index in [0.29, 0.717) is 32.0 Å². The summed E-state index contributed by atoms with van der Waals surface area (Å²) in [7, 11) is 1.26. The van der Waals surface area contributed by atoms with Crippen molar-refractivity contribution >= 4 is 51.5 Å². The van der Waals surface area contributed by atoms with Gasteiger partial charge in [0.2, 0.25) is 0 Å². The van der Waals surface area contributed by atoms with Crippen LogP contribution >= 0.6 is 34.5 Å². The van der Waals surface area contributed by atoms with Crippen LogP contribution in [0.25, 0.3) is 11.3 Å².